The van der Waals surface area contributed by atoms with E-state index in [0.29, 0.717) is 37.9 Å². The van der Waals surface area contributed by atoms with Crippen LogP contribution in [0.1, 0.15) is 36.7 Å². The molecule has 3 aromatic heterocycles. The van der Waals surface area contributed by atoms with Crippen LogP contribution in [0.3, 0.4) is 0 Å². The van der Waals surface area contributed by atoms with Gasteiger partial charge in [-0.1, -0.05) is 37.0 Å². The number of anilines is 1. The number of hydrogen-bond donors (Lipinski definition) is 0. The molecule has 1 amide bonds. The summed E-state index contributed by atoms with van der Waals surface area (Å²) in [6, 6.07) is 7.39. The third-order valence-electron chi connectivity index (χ3n) is 6.11. The first kappa shape index (κ1) is 21.9. The molecule has 33 heavy (non-hydrogen) atoms. The van der Waals surface area contributed by atoms with E-state index < -0.39 is 0 Å². The number of hydrogen-bond acceptors (Lipinski definition) is 7. The lowest BCUT2D eigenvalue weighted by Gasteiger charge is -2.32. The molecule has 0 atom stereocenters. The van der Waals surface area contributed by atoms with Crippen molar-refractivity contribution < 1.29 is 9.21 Å². The maximum Gasteiger partial charge on any atom is 0.267 e. The quantitative estimate of drug-likeness (QED) is 0.409. The molecule has 0 unspecified atom stereocenters. The number of aromatic nitrogens is 2. The lowest BCUT2D eigenvalue weighted by atomic mass is 9.99. The van der Waals surface area contributed by atoms with Gasteiger partial charge >= 0.3 is 0 Å². The molecule has 2 fully saturated rings. The molecule has 0 spiro atoms. The summed E-state index contributed by atoms with van der Waals surface area (Å²) in [6.45, 7) is 6.10. The topological polar surface area (TPSA) is 71.1 Å². The van der Waals surface area contributed by atoms with Gasteiger partial charge in [0, 0.05) is 19.3 Å². The Morgan fingerprint density at radius 1 is 1.24 bits per heavy atom. The molecule has 9 heteroatoms. The summed E-state index contributed by atoms with van der Waals surface area (Å²) in [6.07, 6.45) is 7.10. The molecular weight excluding hydrogens is 456 g/mol. The lowest BCUT2D eigenvalue weighted by Crippen LogP contribution is -2.36. The average Bonchev–Trinajstić information content (AvgIpc) is 3.41. The average molecular weight is 481 g/mol. The zero-order valence-electron chi connectivity index (χ0n) is 18.5. The Balaban J connectivity index is 1.59. The van der Waals surface area contributed by atoms with Gasteiger partial charge in [-0.3, -0.25) is 18.9 Å². The predicted octanol–water partition coefficient (Wildman–Crippen LogP) is 4.23. The van der Waals surface area contributed by atoms with E-state index in [1.807, 2.05) is 19.1 Å². The fourth-order valence-electron chi connectivity index (χ4n) is 4.16. The van der Waals surface area contributed by atoms with Gasteiger partial charge in [0.05, 0.1) is 23.3 Å². The molecule has 0 bridgehead atoms. The Kier molecular flexibility index (Phi) is 5.84. The van der Waals surface area contributed by atoms with Crippen molar-refractivity contribution in [3.05, 3.63) is 68.9 Å². The van der Waals surface area contributed by atoms with E-state index in [1.54, 1.807) is 35.1 Å². The Morgan fingerprint density at radius 2 is 2.03 bits per heavy atom. The second-order valence-corrected chi connectivity index (χ2v) is 10.3. The minimum Gasteiger partial charge on any atom is -0.467 e. The van der Waals surface area contributed by atoms with E-state index in [4.69, 9.17) is 21.6 Å². The van der Waals surface area contributed by atoms with Crippen LogP contribution in [0, 0.1) is 12.8 Å². The van der Waals surface area contributed by atoms with E-state index in [-0.39, 0.29) is 18.0 Å². The molecule has 170 valence electrons. The van der Waals surface area contributed by atoms with Crippen molar-refractivity contribution in [3.63, 3.8) is 0 Å². The van der Waals surface area contributed by atoms with Gasteiger partial charge in [0.15, 0.2) is 0 Å². The van der Waals surface area contributed by atoms with Gasteiger partial charge in [-0.25, -0.2) is 4.98 Å². The van der Waals surface area contributed by atoms with Crippen molar-refractivity contribution in [3.8, 4) is 0 Å². The van der Waals surface area contributed by atoms with E-state index >= 15 is 0 Å². The largest absolute Gasteiger partial charge is 0.467 e. The van der Waals surface area contributed by atoms with Crippen molar-refractivity contribution >= 4 is 51.7 Å². The SMILES string of the molecule is Cc1ccc2nc(N3CCC(C)CC3)c(C=C3SC(=S)N(Cc4ccco4)C3=O)c(=O)n2c1. The molecule has 7 nitrogen and oxygen atoms in total. The van der Waals surface area contributed by atoms with Crippen molar-refractivity contribution in [2.45, 2.75) is 33.2 Å². The van der Waals surface area contributed by atoms with Gasteiger partial charge in [-0.15, -0.1) is 0 Å². The number of furan rings is 1. The fourth-order valence-corrected chi connectivity index (χ4v) is 5.40. The molecular formula is C24H24N4O3S2. The Labute approximate surface area is 201 Å². The molecule has 5 rings (SSSR count). The number of amides is 1. The van der Waals surface area contributed by atoms with E-state index in [2.05, 4.69) is 11.8 Å². The molecule has 0 aliphatic carbocycles. The van der Waals surface area contributed by atoms with E-state index in [0.717, 1.165) is 31.5 Å². The molecule has 0 N–H and O–H groups in total. The molecule has 0 saturated carbocycles. The molecule has 2 aliphatic rings. The number of pyridine rings is 1. The highest BCUT2D eigenvalue weighted by molar-refractivity contribution is 8.26. The molecule has 0 radical (unpaired) electrons. The van der Waals surface area contributed by atoms with E-state index in [9.17, 15) is 9.59 Å². The van der Waals surface area contributed by atoms with Crippen molar-refractivity contribution in [2.24, 2.45) is 5.92 Å². The van der Waals surface area contributed by atoms with Crippen molar-refractivity contribution in [1.29, 1.82) is 0 Å². The first-order chi connectivity index (χ1) is 15.9. The van der Waals surface area contributed by atoms with Gasteiger partial charge in [0.1, 0.15) is 21.5 Å². The summed E-state index contributed by atoms with van der Waals surface area (Å²) < 4.78 is 7.38. The van der Waals surface area contributed by atoms with Gasteiger partial charge in [-0.2, -0.15) is 0 Å². The lowest BCUT2D eigenvalue weighted by molar-refractivity contribution is -0.122. The second-order valence-electron chi connectivity index (χ2n) is 8.61. The minimum absolute atomic E-state index is 0.186. The number of carbonyl (C=O) groups excluding carboxylic acids is 1. The fraction of sp³-hybridized carbons (Fsp3) is 0.333. The highest BCUT2D eigenvalue weighted by Gasteiger charge is 2.33. The predicted molar refractivity (Wildman–Crippen MR) is 134 cm³/mol. The number of aryl methyl sites for hydroxylation is 1. The molecule has 2 aliphatic heterocycles. The van der Waals surface area contributed by atoms with Gasteiger partial charge in [-0.05, 0) is 55.5 Å². The summed E-state index contributed by atoms with van der Waals surface area (Å²) >= 11 is 6.66. The molecule has 3 aromatic rings. The third kappa shape index (κ3) is 4.22. The highest BCUT2D eigenvalue weighted by atomic mass is 32.2. The van der Waals surface area contributed by atoms with Crippen LogP contribution in [0.15, 0.2) is 50.8 Å². The number of fused-ring (bicyclic) bond motifs is 1. The summed E-state index contributed by atoms with van der Waals surface area (Å²) in [5.41, 5.74) is 1.79. The number of thioether (sulfide) groups is 1. The van der Waals surface area contributed by atoms with Gasteiger partial charge < -0.3 is 9.32 Å². The van der Waals surface area contributed by atoms with Crippen molar-refractivity contribution in [2.75, 3.05) is 18.0 Å². The standard InChI is InChI=1S/C24H24N4O3S2/c1-15-7-9-26(10-8-15)21-18(22(29)27-13-16(2)5-6-20(27)25-21)12-19-23(30)28(24(32)33-19)14-17-4-3-11-31-17/h3-6,11-13,15H,7-10,14H2,1-2H3. The van der Waals surface area contributed by atoms with Crippen LogP contribution >= 0.6 is 24.0 Å². The summed E-state index contributed by atoms with van der Waals surface area (Å²) in [4.78, 5) is 35.7. The smallest absolute Gasteiger partial charge is 0.267 e. The third-order valence-corrected chi connectivity index (χ3v) is 7.49. The van der Waals surface area contributed by atoms with Crippen LogP contribution < -0.4 is 10.5 Å². The summed E-state index contributed by atoms with van der Waals surface area (Å²) in [5, 5.41) is 0. The van der Waals surface area contributed by atoms with Crippen LogP contribution in [-0.4, -0.2) is 37.6 Å². The molecule has 5 heterocycles. The maximum atomic E-state index is 13.6. The van der Waals surface area contributed by atoms with Gasteiger partial charge in [0.2, 0.25) is 0 Å². The maximum absolute atomic E-state index is 13.6. The van der Waals surface area contributed by atoms with Crippen LogP contribution in [-0.2, 0) is 11.3 Å². The monoisotopic (exact) mass is 480 g/mol. The van der Waals surface area contributed by atoms with Crippen LogP contribution in [0.25, 0.3) is 11.7 Å². The number of rotatable bonds is 4. The Hall–Kier alpha value is -2.91. The number of thiocarbonyl (C=S) groups is 1. The second kappa shape index (κ2) is 8.79. The number of carbonyl (C=O) groups is 1. The zero-order valence-corrected chi connectivity index (χ0v) is 20.1. The van der Waals surface area contributed by atoms with Crippen LogP contribution in [0.4, 0.5) is 5.82 Å². The van der Waals surface area contributed by atoms with E-state index in [1.165, 1.54) is 16.7 Å². The first-order valence-corrected chi connectivity index (χ1v) is 12.2. The zero-order chi connectivity index (χ0) is 23.1. The normalized spacial score (nSPS) is 18.8. The Morgan fingerprint density at radius 3 is 2.76 bits per heavy atom. The molecule has 0 aromatic carbocycles. The summed E-state index contributed by atoms with van der Waals surface area (Å²) in [5.74, 6) is 1.70. The Bertz CT molecular complexity index is 1320. The highest BCUT2D eigenvalue weighted by Crippen LogP contribution is 2.35. The summed E-state index contributed by atoms with van der Waals surface area (Å²) in [7, 11) is 0. The van der Waals surface area contributed by atoms with Gasteiger partial charge in [0.25, 0.3) is 11.5 Å². The van der Waals surface area contributed by atoms with Crippen molar-refractivity contribution in [1.82, 2.24) is 14.3 Å². The minimum atomic E-state index is -0.228. The number of piperidine rings is 1. The number of nitrogens with zero attached hydrogens (tertiary/aromatic N) is 4. The van der Waals surface area contributed by atoms with Crippen LogP contribution in [0.2, 0.25) is 0 Å². The molecule has 2 saturated heterocycles. The van der Waals surface area contributed by atoms with Crippen LogP contribution in [0.5, 0.6) is 0 Å². The first-order valence-electron chi connectivity index (χ1n) is 11.0.